The molecule has 0 aliphatic rings. The molecule has 6 heteroatoms. The minimum atomic E-state index is -0.0627. The van der Waals surface area contributed by atoms with Crippen LogP contribution in [-0.4, -0.2) is 39.9 Å². The second kappa shape index (κ2) is 6.31. The summed E-state index contributed by atoms with van der Waals surface area (Å²) in [6, 6.07) is 5.44. The number of pyridine rings is 1. The molecule has 1 N–H and O–H groups in total. The van der Waals surface area contributed by atoms with Crippen LogP contribution in [0.4, 0.5) is 0 Å². The Morgan fingerprint density at radius 1 is 1.29 bits per heavy atom. The first-order valence-electron chi connectivity index (χ1n) is 7.69. The number of ether oxygens (including phenoxy) is 1. The number of hydrogen-bond acceptors (Lipinski definition) is 4. The van der Waals surface area contributed by atoms with Crippen LogP contribution in [0.1, 0.15) is 27.2 Å². The van der Waals surface area contributed by atoms with Crippen molar-refractivity contribution >= 4 is 16.9 Å². The molecule has 3 rings (SSSR count). The molecular weight excluding hydrogens is 304 g/mol. The van der Waals surface area contributed by atoms with Gasteiger partial charge in [0.1, 0.15) is 5.75 Å². The van der Waals surface area contributed by atoms with E-state index in [0.717, 1.165) is 33.6 Å². The van der Waals surface area contributed by atoms with Crippen LogP contribution < -0.4 is 4.74 Å². The topological polar surface area (TPSA) is 71.1 Å². The van der Waals surface area contributed by atoms with Crippen molar-refractivity contribution in [2.45, 2.75) is 20.4 Å². The minimum absolute atomic E-state index is 0.0627. The van der Waals surface area contributed by atoms with Gasteiger partial charge in [-0.25, -0.2) is 4.98 Å². The van der Waals surface area contributed by atoms with Crippen molar-refractivity contribution in [3.8, 4) is 5.75 Å². The number of H-pyrrole nitrogens is 1. The van der Waals surface area contributed by atoms with E-state index in [1.165, 1.54) is 0 Å². The van der Waals surface area contributed by atoms with Crippen LogP contribution in [0, 0.1) is 13.8 Å². The van der Waals surface area contributed by atoms with Gasteiger partial charge in [0.2, 0.25) is 0 Å². The van der Waals surface area contributed by atoms with E-state index in [2.05, 4.69) is 15.0 Å². The summed E-state index contributed by atoms with van der Waals surface area (Å²) in [7, 11) is 3.42. The standard InChI is InChI=1S/C18H20N4O2/c1-11-8-19-16(12(2)17(11)24-4)9-22(3)18(23)13-5-6-14-15(7-13)21-10-20-14/h5-8,10H,9H2,1-4H3,(H,20,21). The number of rotatable bonds is 4. The van der Waals surface area contributed by atoms with Gasteiger partial charge in [-0.15, -0.1) is 0 Å². The molecule has 2 aromatic heterocycles. The summed E-state index contributed by atoms with van der Waals surface area (Å²) < 4.78 is 5.43. The summed E-state index contributed by atoms with van der Waals surface area (Å²) in [5, 5.41) is 0. The first-order chi connectivity index (χ1) is 11.5. The van der Waals surface area contributed by atoms with Gasteiger partial charge in [-0.2, -0.15) is 0 Å². The molecule has 0 fully saturated rings. The SMILES string of the molecule is COc1c(C)cnc(CN(C)C(=O)c2ccc3nc[nH]c3c2)c1C. The Balaban J connectivity index is 1.84. The number of nitrogens with one attached hydrogen (secondary N) is 1. The molecule has 1 amide bonds. The molecule has 124 valence electrons. The Hall–Kier alpha value is -2.89. The molecule has 3 aromatic rings. The monoisotopic (exact) mass is 324 g/mol. The summed E-state index contributed by atoms with van der Waals surface area (Å²) in [6.45, 7) is 4.34. The molecule has 0 saturated heterocycles. The van der Waals surface area contributed by atoms with Crippen LogP contribution in [0.2, 0.25) is 0 Å². The number of benzene rings is 1. The second-order valence-corrected chi connectivity index (χ2v) is 5.84. The summed E-state index contributed by atoms with van der Waals surface area (Å²) >= 11 is 0. The first-order valence-corrected chi connectivity index (χ1v) is 7.69. The number of amides is 1. The van der Waals surface area contributed by atoms with Crippen molar-refractivity contribution in [1.82, 2.24) is 19.9 Å². The van der Waals surface area contributed by atoms with Crippen LogP contribution in [0.15, 0.2) is 30.7 Å². The number of carbonyl (C=O) groups is 1. The molecule has 0 aliphatic heterocycles. The van der Waals surface area contributed by atoms with Gasteiger partial charge in [-0.05, 0) is 32.0 Å². The largest absolute Gasteiger partial charge is 0.496 e. The summed E-state index contributed by atoms with van der Waals surface area (Å²) in [5.41, 5.74) is 5.08. The summed E-state index contributed by atoms with van der Waals surface area (Å²) in [4.78, 5) is 26.0. The molecule has 1 aromatic carbocycles. The summed E-state index contributed by atoms with van der Waals surface area (Å²) in [5.74, 6) is 0.756. The van der Waals surface area contributed by atoms with Crippen LogP contribution >= 0.6 is 0 Å². The predicted molar refractivity (Wildman–Crippen MR) is 92.2 cm³/mol. The van der Waals surface area contributed by atoms with E-state index < -0.39 is 0 Å². The lowest BCUT2D eigenvalue weighted by atomic mass is 10.1. The molecule has 0 atom stereocenters. The van der Waals surface area contributed by atoms with Gasteiger partial charge in [-0.1, -0.05) is 0 Å². The second-order valence-electron chi connectivity index (χ2n) is 5.84. The molecular formula is C18H20N4O2. The zero-order valence-corrected chi connectivity index (χ0v) is 14.3. The quantitative estimate of drug-likeness (QED) is 0.801. The smallest absolute Gasteiger partial charge is 0.254 e. The minimum Gasteiger partial charge on any atom is -0.496 e. The lowest BCUT2D eigenvalue weighted by Gasteiger charge is -2.19. The molecule has 2 heterocycles. The van der Waals surface area contributed by atoms with Gasteiger partial charge in [0.05, 0.1) is 36.7 Å². The van der Waals surface area contributed by atoms with E-state index in [0.29, 0.717) is 12.1 Å². The number of carbonyl (C=O) groups excluding carboxylic acids is 1. The van der Waals surface area contributed by atoms with E-state index in [9.17, 15) is 4.79 Å². The highest BCUT2D eigenvalue weighted by Gasteiger charge is 2.16. The number of imidazole rings is 1. The third-order valence-corrected chi connectivity index (χ3v) is 4.15. The van der Waals surface area contributed by atoms with E-state index in [1.54, 1.807) is 37.6 Å². The van der Waals surface area contributed by atoms with Crippen molar-refractivity contribution in [3.63, 3.8) is 0 Å². The normalized spacial score (nSPS) is 10.8. The molecule has 24 heavy (non-hydrogen) atoms. The molecule has 0 bridgehead atoms. The Morgan fingerprint density at radius 3 is 2.83 bits per heavy atom. The highest BCUT2D eigenvalue weighted by atomic mass is 16.5. The zero-order chi connectivity index (χ0) is 17.3. The fourth-order valence-electron chi connectivity index (χ4n) is 2.82. The van der Waals surface area contributed by atoms with Crippen molar-refractivity contribution in [2.24, 2.45) is 0 Å². The molecule has 0 aliphatic carbocycles. The number of aromatic nitrogens is 3. The van der Waals surface area contributed by atoms with Gasteiger partial charge >= 0.3 is 0 Å². The zero-order valence-electron chi connectivity index (χ0n) is 14.3. The van der Waals surface area contributed by atoms with Gasteiger partial charge in [0.25, 0.3) is 5.91 Å². The van der Waals surface area contributed by atoms with Crippen LogP contribution in [0.3, 0.4) is 0 Å². The fourth-order valence-corrected chi connectivity index (χ4v) is 2.82. The van der Waals surface area contributed by atoms with Gasteiger partial charge in [0.15, 0.2) is 0 Å². The predicted octanol–water partition coefficient (Wildman–Crippen LogP) is 2.86. The number of hydrogen-bond donors (Lipinski definition) is 1. The van der Waals surface area contributed by atoms with Gasteiger partial charge in [0, 0.05) is 29.9 Å². The third kappa shape index (κ3) is 2.82. The van der Waals surface area contributed by atoms with E-state index in [-0.39, 0.29) is 5.91 Å². The van der Waals surface area contributed by atoms with Crippen molar-refractivity contribution in [3.05, 3.63) is 53.1 Å². The Morgan fingerprint density at radius 2 is 2.08 bits per heavy atom. The first kappa shape index (κ1) is 16.0. The van der Waals surface area contributed by atoms with Gasteiger partial charge in [-0.3, -0.25) is 9.78 Å². The van der Waals surface area contributed by atoms with E-state index in [4.69, 9.17) is 4.74 Å². The number of aromatic amines is 1. The molecule has 6 nitrogen and oxygen atoms in total. The maximum Gasteiger partial charge on any atom is 0.254 e. The number of nitrogens with zero attached hydrogens (tertiary/aromatic N) is 3. The molecule has 0 spiro atoms. The third-order valence-electron chi connectivity index (χ3n) is 4.15. The Bertz CT molecular complexity index is 901. The van der Waals surface area contributed by atoms with Crippen LogP contribution in [0.25, 0.3) is 11.0 Å². The summed E-state index contributed by atoms with van der Waals surface area (Å²) in [6.07, 6.45) is 3.39. The average molecular weight is 324 g/mol. The van der Waals surface area contributed by atoms with Crippen LogP contribution in [0.5, 0.6) is 5.75 Å². The van der Waals surface area contributed by atoms with Crippen molar-refractivity contribution in [2.75, 3.05) is 14.2 Å². The Labute approximate surface area is 140 Å². The molecule has 0 unspecified atom stereocenters. The van der Waals surface area contributed by atoms with Crippen molar-refractivity contribution in [1.29, 1.82) is 0 Å². The number of aryl methyl sites for hydroxylation is 1. The Kier molecular flexibility index (Phi) is 4.20. The molecule has 0 saturated carbocycles. The fraction of sp³-hybridized carbons (Fsp3) is 0.278. The molecule has 0 radical (unpaired) electrons. The van der Waals surface area contributed by atoms with E-state index in [1.807, 2.05) is 26.0 Å². The van der Waals surface area contributed by atoms with Crippen LogP contribution in [-0.2, 0) is 6.54 Å². The van der Waals surface area contributed by atoms with E-state index >= 15 is 0 Å². The average Bonchev–Trinajstić information content (AvgIpc) is 3.04. The van der Waals surface area contributed by atoms with Gasteiger partial charge < -0.3 is 14.6 Å². The lowest BCUT2D eigenvalue weighted by Crippen LogP contribution is -2.27. The number of methoxy groups -OCH3 is 1. The maximum absolute atomic E-state index is 12.7. The lowest BCUT2D eigenvalue weighted by molar-refractivity contribution is 0.0783. The highest BCUT2D eigenvalue weighted by Crippen LogP contribution is 2.25. The van der Waals surface area contributed by atoms with Crippen molar-refractivity contribution < 1.29 is 9.53 Å². The maximum atomic E-state index is 12.7. The number of fused-ring (bicyclic) bond motifs is 1. The highest BCUT2D eigenvalue weighted by molar-refractivity contribution is 5.97.